The molecule has 1 aliphatic carbocycles. The quantitative estimate of drug-likeness (QED) is 0.657. The number of ether oxygens (including phenoxy) is 1. The van der Waals surface area contributed by atoms with Crippen LogP contribution in [0.25, 0.3) is 0 Å². The van der Waals surface area contributed by atoms with Crippen LogP contribution >= 0.6 is 0 Å². The third-order valence-electron chi connectivity index (χ3n) is 3.12. The van der Waals surface area contributed by atoms with Crippen LogP contribution in [0.15, 0.2) is 0 Å². The van der Waals surface area contributed by atoms with Crippen molar-refractivity contribution in [1.82, 2.24) is 10.6 Å². The van der Waals surface area contributed by atoms with Gasteiger partial charge >= 0.3 is 0 Å². The van der Waals surface area contributed by atoms with Crippen LogP contribution in [0.2, 0.25) is 0 Å². The molecule has 0 aromatic rings. The van der Waals surface area contributed by atoms with Gasteiger partial charge in [0.15, 0.2) is 0 Å². The van der Waals surface area contributed by atoms with Crippen LogP contribution in [0.5, 0.6) is 0 Å². The highest BCUT2D eigenvalue weighted by Gasteiger charge is 2.34. The van der Waals surface area contributed by atoms with Gasteiger partial charge in [0.2, 0.25) is 11.8 Å². The lowest BCUT2D eigenvalue weighted by Crippen LogP contribution is -2.49. The van der Waals surface area contributed by atoms with Crippen LogP contribution in [-0.4, -0.2) is 37.6 Å². The van der Waals surface area contributed by atoms with Crippen molar-refractivity contribution in [3.8, 4) is 0 Å². The summed E-state index contributed by atoms with van der Waals surface area (Å²) in [7, 11) is 1.68. The fourth-order valence-corrected chi connectivity index (χ4v) is 1.99. The molecule has 0 aromatic heterocycles. The van der Waals surface area contributed by atoms with Crippen molar-refractivity contribution in [2.24, 2.45) is 5.92 Å². The van der Waals surface area contributed by atoms with Gasteiger partial charge in [0.05, 0.1) is 12.0 Å². The summed E-state index contributed by atoms with van der Waals surface area (Å²) in [6, 6.07) is 0.234. The highest BCUT2D eigenvalue weighted by Crippen LogP contribution is 2.23. The summed E-state index contributed by atoms with van der Waals surface area (Å²) in [6.45, 7) is 0.477. The average molecular weight is 212 g/mol. The molecule has 2 aliphatic rings. The number of hydrogen-bond donors (Lipinski definition) is 2. The van der Waals surface area contributed by atoms with Gasteiger partial charge in [0, 0.05) is 26.1 Å². The molecule has 2 amide bonds. The van der Waals surface area contributed by atoms with Crippen molar-refractivity contribution >= 4 is 11.8 Å². The van der Waals surface area contributed by atoms with E-state index in [0.717, 1.165) is 12.8 Å². The van der Waals surface area contributed by atoms with Gasteiger partial charge < -0.3 is 15.4 Å². The highest BCUT2D eigenvalue weighted by atomic mass is 16.5. The summed E-state index contributed by atoms with van der Waals surface area (Å²) in [5.74, 6) is -0.217. The van der Waals surface area contributed by atoms with Crippen LogP contribution in [0.1, 0.15) is 19.3 Å². The second kappa shape index (κ2) is 4.18. The summed E-state index contributed by atoms with van der Waals surface area (Å²) in [4.78, 5) is 22.6. The zero-order valence-corrected chi connectivity index (χ0v) is 8.79. The molecule has 2 fully saturated rings. The number of rotatable bonds is 3. The summed E-state index contributed by atoms with van der Waals surface area (Å²) in [5, 5.41) is 5.59. The highest BCUT2D eigenvalue weighted by molar-refractivity contribution is 5.89. The molecule has 1 aliphatic heterocycles. The van der Waals surface area contributed by atoms with Gasteiger partial charge in [0.25, 0.3) is 0 Å². The fourth-order valence-electron chi connectivity index (χ4n) is 1.99. The van der Waals surface area contributed by atoms with Gasteiger partial charge in [-0.05, 0) is 12.8 Å². The molecule has 1 atom stereocenters. The van der Waals surface area contributed by atoms with Crippen molar-refractivity contribution in [3.05, 3.63) is 0 Å². The number of nitrogens with one attached hydrogen (secondary N) is 2. The Bertz CT molecular complexity index is 274. The van der Waals surface area contributed by atoms with Crippen LogP contribution in [0.4, 0.5) is 0 Å². The third kappa shape index (κ3) is 2.28. The summed E-state index contributed by atoms with van der Waals surface area (Å²) >= 11 is 0. The topological polar surface area (TPSA) is 67.4 Å². The Morgan fingerprint density at radius 2 is 2.27 bits per heavy atom. The molecule has 0 aromatic carbocycles. The summed E-state index contributed by atoms with van der Waals surface area (Å²) < 4.78 is 5.12. The number of carbonyl (C=O) groups is 2. The second-order valence-corrected chi connectivity index (χ2v) is 4.24. The van der Waals surface area contributed by atoms with Crippen LogP contribution < -0.4 is 10.6 Å². The first-order chi connectivity index (χ1) is 7.19. The van der Waals surface area contributed by atoms with Crippen molar-refractivity contribution in [2.45, 2.75) is 31.4 Å². The van der Waals surface area contributed by atoms with Crippen LogP contribution in [0, 0.1) is 5.92 Å². The molecule has 0 radical (unpaired) electrons. The molecule has 1 heterocycles. The van der Waals surface area contributed by atoms with Gasteiger partial charge in [-0.25, -0.2) is 0 Å². The molecule has 1 saturated carbocycles. The van der Waals surface area contributed by atoms with E-state index in [1.54, 1.807) is 7.11 Å². The van der Waals surface area contributed by atoms with E-state index in [1.165, 1.54) is 0 Å². The summed E-state index contributed by atoms with van der Waals surface area (Å²) in [5.41, 5.74) is 0. The zero-order valence-electron chi connectivity index (χ0n) is 8.79. The van der Waals surface area contributed by atoms with E-state index < -0.39 is 0 Å². The molecule has 0 spiro atoms. The van der Waals surface area contributed by atoms with E-state index in [4.69, 9.17) is 4.74 Å². The van der Waals surface area contributed by atoms with Crippen LogP contribution in [0.3, 0.4) is 0 Å². The van der Waals surface area contributed by atoms with E-state index in [2.05, 4.69) is 10.6 Å². The molecular weight excluding hydrogens is 196 g/mol. The van der Waals surface area contributed by atoms with E-state index in [9.17, 15) is 9.59 Å². The van der Waals surface area contributed by atoms with Gasteiger partial charge in [-0.1, -0.05) is 0 Å². The first-order valence-corrected chi connectivity index (χ1v) is 5.29. The Hall–Kier alpha value is -1.10. The minimum Gasteiger partial charge on any atom is -0.381 e. The monoisotopic (exact) mass is 212 g/mol. The van der Waals surface area contributed by atoms with E-state index in [-0.39, 0.29) is 23.8 Å². The molecule has 84 valence electrons. The third-order valence-corrected chi connectivity index (χ3v) is 3.12. The van der Waals surface area contributed by atoms with Crippen molar-refractivity contribution in [1.29, 1.82) is 0 Å². The van der Waals surface area contributed by atoms with Gasteiger partial charge in [-0.3, -0.25) is 9.59 Å². The van der Waals surface area contributed by atoms with Crippen molar-refractivity contribution in [3.63, 3.8) is 0 Å². The number of hydrogen-bond acceptors (Lipinski definition) is 3. The van der Waals surface area contributed by atoms with Gasteiger partial charge in [-0.15, -0.1) is 0 Å². The van der Waals surface area contributed by atoms with E-state index in [0.29, 0.717) is 19.1 Å². The Kier molecular flexibility index (Phi) is 2.90. The largest absolute Gasteiger partial charge is 0.381 e. The van der Waals surface area contributed by atoms with E-state index in [1.807, 2.05) is 0 Å². The minimum absolute atomic E-state index is 0.00657. The Morgan fingerprint density at radius 3 is 2.80 bits per heavy atom. The van der Waals surface area contributed by atoms with Crippen molar-refractivity contribution in [2.75, 3.05) is 13.7 Å². The smallest absolute Gasteiger partial charge is 0.225 e. The molecule has 2 N–H and O–H groups in total. The first-order valence-electron chi connectivity index (χ1n) is 5.29. The predicted octanol–water partition coefficient (Wildman–Crippen LogP) is -0.584. The fraction of sp³-hybridized carbons (Fsp3) is 0.800. The second-order valence-electron chi connectivity index (χ2n) is 4.24. The van der Waals surface area contributed by atoms with Gasteiger partial charge in [-0.2, -0.15) is 0 Å². The minimum atomic E-state index is -0.181. The summed E-state index contributed by atoms with van der Waals surface area (Å²) in [6.07, 6.45) is 2.39. The standard InChI is InChI=1S/C10H16N2O3/c1-15-8-3-7(4-8)12-10(14)6-2-9(13)11-5-6/h6-8H,2-5H2,1H3,(H,11,13)(H,12,14). The maximum absolute atomic E-state index is 11.6. The Labute approximate surface area is 88.5 Å². The molecule has 0 bridgehead atoms. The average Bonchev–Trinajstić information content (AvgIpc) is 2.57. The molecule has 5 nitrogen and oxygen atoms in total. The molecule has 1 saturated heterocycles. The van der Waals surface area contributed by atoms with Gasteiger partial charge in [0.1, 0.15) is 0 Å². The van der Waals surface area contributed by atoms with Crippen LogP contribution in [-0.2, 0) is 14.3 Å². The van der Waals surface area contributed by atoms with Crippen molar-refractivity contribution < 1.29 is 14.3 Å². The van der Waals surface area contributed by atoms with E-state index >= 15 is 0 Å². The molecule has 5 heteroatoms. The lowest BCUT2D eigenvalue weighted by molar-refractivity contribution is -0.128. The molecular formula is C10H16N2O3. The first kappa shape index (κ1) is 10.4. The maximum Gasteiger partial charge on any atom is 0.225 e. The Morgan fingerprint density at radius 1 is 1.53 bits per heavy atom. The zero-order chi connectivity index (χ0) is 10.8. The predicted molar refractivity (Wildman–Crippen MR) is 53.1 cm³/mol. The SMILES string of the molecule is COC1CC(NC(=O)C2CNC(=O)C2)C1. The maximum atomic E-state index is 11.6. The molecule has 15 heavy (non-hydrogen) atoms. The Balaban J connectivity index is 1.72. The molecule has 2 rings (SSSR count). The number of methoxy groups -OCH3 is 1. The number of carbonyl (C=O) groups excluding carboxylic acids is 2. The lowest BCUT2D eigenvalue weighted by atomic mass is 9.88. The normalized spacial score (nSPS) is 34.5. The lowest BCUT2D eigenvalue weighted by Gasteiger charge is -2.35. The molecule has 1 unspecified atom stereocenters. The number of amides is 2.